The zero-order valence-corrected chi connectivity index (χ0v) is 9.28. The molecule has 0 bridgehead atoms. The van der Waals surface area contributed by atoms with Crippen molar-refractivity contribution in [2.24, 2.45) is 0 Å². The van der Waals surface area contributed by atoms with Crippen molar-refractivity contribution < 1.29 is 0 Å². The highest BCUT2D eigenvalue weighted by Crippen LogP contribution is 2.26. The summed E-state index contributed by atoms with van der Waals surface area (Å²) in [5, 5.41) is 2.14. The normalized spacial score (nSPS) is 16.3. The first-order chi connectivity index (χ1) is 5.20. The van der Waals surface area contributed by atoms with E-state index in [9.17, 15) is 0 Å². The van der Waals surface area contributed by atoms with Gasteiger partial charge in [0.25, 0.3) is 0 Å². The molecule has 62 valence electrons. The Morgan fingerprint density at radius 2 is 2.27 bits per heavy atom. The molecule has 0 amide bonds. The van der Waals surface area contributed by atoms with Gasteiger partial charge in [0, 0.05) is 9.70 Å². The van der Waals surface area contributed by atoms with Crippen LogP contribution in [0.4, 0.5) is 0 Å². The van der Waals surface area contributed by atoms with Gasteiger partial charge < -0.3 is 0 Å². The summed E-state index contributed by atoms with van der Waals surface area (Å²) in [5.41, 5.74) is 0. The number of alkyl halides is 1. The maximum atomic E-state index is 3.57. The molecule has 0 spiro atoms. The second-order valence-corrected chi connectivity index (χ2v) is 5.48. The van der Waals surface area contributed by atoms with Gasteiger partial charge in [-0.3, -0.25) is 0 Å². The molecular weight excluding hydrogens is 220 g/mol. The Kier molecular flexibility index (Phi) is 3.60. The van der Waals surface area contributed by atoms with E-state index in [1.54, 1.807) is 0 Å². The summed E-state index contributed by atoms with van der Waals surface area (Å²) >= 11 is 5.42. The highest BCUT2D eigenvalue weighted by Gasteiger charge is 2.08. The first-order valence-electron chi connectivity index (χ1n) is 3.87. The lowest BCUT2D eigenvalue weighted by atomic mass is 10.0. The Hall–Kier alpha value is 0.180. The van der Waals surface area contributed by atoms with Crippen LogP contribution in [-0.2, 0) is 0 Å². The standard InChI is InChI=1S/C9H13BrS/c1-7(6-8(2)10)9-4-3-5-11-9/h3-5,7-8H,6H2,1-2H3. The van der Waals surface area contributed by atoms with Gasteiger partial charge in [-0.25, -0.2) is 0 Å². The number of thiophene rings is 1. The van der Waals surface area contributed by atoms with Gasteiger partial charge in [0.1, 0.15) is 0 Å². The molecule has 0 saturated heterocycles. The smallest absolute Gasteiger partial charge is 0.0123 e. The van der Waals surface area contributed by atoms with Crippen LogP contribution in [0.15, 0.2) is 17.5 Å². The van der Waals surface area contributed by atoms with Crippen molar-refractivity contribution >= 4 is 27.3 Å². The van der Waals surface area contributed by atoms with Crippen molar-refractivity contribution in [1.29, 1.82) is 0 Å². The lowest BCUT2D eigenvalue weighted by molar-refractivity contribution is 0.693. The van der Waals surface area contributed by atoms with Crippen LogP contribution in [0, 0.1) is 0 Å². The van der Waals surface area contributed by atoms with Crippen LogP contribution in [0.2, 0.25) is 0 Å². The summed E-state index contributed by atoms with van der Waals surface area (Å²) in [5.74, 6) is 0.698. The largest absolute Gasteiger partial charge is 0.149 e. The molecule has 2 atom stereocenters. The molecule has 1 aromatic heterocycles. The van der Waals surface area contributed by atoms with Gasteiger partial charge in [0.05, 0.1) is 0 Å². The fourth-order valence-corrected chi connectivity index (χ4v) is 2.54. The summed E-state index contributed by atoms with van der Waals surface area (Å²) in [7, 11) is 0. The summed E-state index contributed by atoms with van der Waals surface area (Å²) in [6.45, 7) is 4.48. The number of hydrogen-bond acceptors (Lipinski definition) is 1. The predicted molar refractivity (Wildman–Crippen MR) is 55.7 cm³/mol. The van der Waals surface area contributed by atoms with E-state index < -0.39 is 0 Å². The van der Waals surface area contributed by atoms with Crippen molar-refractivity contribution in [3.8, 4) is 0 Å². The van der Waals surface area contributed by atoms with Gasteiger partial charge in [-0.1, -0.05) is 35.8 Å². The summed E-state index contributed by atoms with van der Waals surface area (Å²) in [4.78, 5) is 2.12. The fraction of sp³-hybridized carbons (Fsp3) is 0.556. The van der Waals surface area contributed by atoms with Crippen LogP contribution in [0.1, 0.15) is 31.1 Å². The third-order valence-electron chi connectivity index (χ3n) is 1.71. The lowest BCUT2D eigenvalue weighted by Crippen LogP contribution is -1.97. The molecule has 0 aromatic carbocycles. The Bertz CT molecular complexity index is 191. The average Bonchev–Trinajstić information content (AvgIpc) is 2.35. The van der Waals surface area contributed by atoms with E-state index in [2.05, 4.69) is 47.3 Å². The van der Waals surface area contributed by atoms with Crippen LogP contribution < -0.4 is 0 Å². The van der Waals surface area contributed by atoms with Gasteiger partial charge in [0.2, 0.25) is 0 Å². The van der Waals surface area contributed by atoms with Crippen molar-refractivity contribution in [3.05, 3.63) is 22.4 Å². The summed E-state index contributed by atoms with van der Waals surface area (Å²) < 4.78 is 0. The molecule has 0 fully saturated rings. The van der Waals surface area contributed by atoms with Crippen LogP contribution in [0.3, 0.4) is 0 Å². The monoisotopic (exact) mass is 232 g/mol. The van der Waals surface area contributed by atoms with E-state index >= 15 is 0 Å². The molecule has 0 aliphatic carbocycles. The van der Waals surface area contributed by atoms with Gasteiger partial charge in [-0.15, -0.1) is 11.3 Å². The minimum absolute atomic E-state index is 0.625. The third kappa shape index (κ3) is 2.96. The predicted octanol–water partition coefficient (Wildman–Crippen LogP) is 4.03. The van der Waals surface area contributed by atoms with Crippen LogP contribution in [-0.4, -0.2) is 4.83 Å². The molecule has 0 nitrogen and oxygen atoms in total. The second kappa shape index (κ2) is 4.27. The number of rotatable bonds is 3. The van der Waals surface area contributed by atoms with Crippen LogP contribution >= 0.6 is 27.3 Å². The number of hydrogen-bond donors (Lipinski definition) is 0. The molecule has 1 rings (SSSR count). The van der Waals surface area contributed by atoms with E-state index in [1.165, 1.54) is 11.3 Å². The van der Waals surface area contributed by atoms with Crippen molar-refractivity contribution in [1.82, 2.24) is 0 Å². The molecule has 1 heterocycles. The highest BCUT2D eigenvalue weighted by molar-refractivity contribution is 9.09. The zero-order valence-electron chi connectivity index (χ0n) is 6.88. The van der Waals surface area contributed by atoms with Gasteiger partial charge in [-0.05, 0) is 23.8 Å². The second-order valence-electron chi connectivity index (χ2n) is 2.93. The van der Waals surface area contributed by atoms with Crippen molar-refractivity contribution in [2.45, 2.75) is 31.0 Å². The molecule has 0 aliphatic rings. The molecule has 0 aliphatic heterocycles. The van der Waals surface area contributed by atoms with Crippen molar-refractivity contribution in [2.75, 3.05) is 0 Å². The summed E-state index contributed by atoms with van der Waals surface area (Å²) in [6.07, 6.45) is 1.22. The zero-order chi connectivity index (χ0) is 8.27. The number of halogens is 1. The summed E-state index contributed by atoms with van der Waals surface area (Å²) in [6, 6.07) is 4.33. The van der Waals surface area contributed by atoms with Crippen LogP contribution in [0.25, 0.3) is 0 Å². The molecule has 0 N–H and O–H groups in total. The first-order valence-corrected chi connectivity index (χ1v) is 5.67. The fourth-order valence-electron chi connectivity index (χ4n) is 1.18. The van der Waals surface area contributed by atoms with Gasteiger partial charge in [-0.2, -0.15) is 0 Å². The van der Waals surface area contributed by atoms with E-state index in [4.69, 9.17) is 0 Å². The average molecular weight is 233 g/mol. The van der Waals surface area contributed by atoms with Gasteiger partial charge >= 0.3 is 0 Å². The lowest BCUT2D eigenvalue weighted by Gasteiger charge is -2.09. The van der Waals surface area contributed by atoms with E-state index in [0.717, 1.165) is 0 Å². The molecule has 0 radical (unpaired) electrons. The maximum absolute atomic E-state index is 3.57. The van der Waals surface area contributed by atoms with E-state index in [1.807, 2.05) is 11.3 Å². The Morgan fingerprint density at radius 1 is 1.55 bits per heavy atom. The first kappa shape index (κ1) is 9.27. The minimum Gasteiger partial charge on any atom is -0.149 e. The van der Waals surface area contributed by atoms with Crippen molar-refractivity contribution in [3.63, 3.8) is 0 Å². The Labute approximate surface area is 80.8 Å². The highest BCUT2D eigenvalue weighted by atomic mass is 79.9. The maximum Gasteiger partial charge on any atom is 0.0123 e. The topological polar surface area (TPSA) is 0 Å². The van der Waals surface area contributed by atoms with E-state index in [0.29, 0.717) is 10.7 Å². The third-order valence-corrected chi connectivity index (χ3v) is 3.18. The molecule has 2 heteroatoms. The van der Waals surface area contributed by atoms with Crippen LogP contribution in [0.5, 0.6) is 0 Å². The molecule has 1 aromatic rings. The minimum atomic E-state index is 0.625. The van der Waals surface area contributed by atoms with E-state index in [-0.39, 0.29) is 0 Å². The molecule has 11 heavy (non-hydrogen) atoms. The molecule has 0 saturated carbocycles. The SMILES string of the molecule is CC(Br)CC(C)c1cccs1. The molecule has 2 unspecified atom stereocenters. The quantitative estimate of drug-likeness (QED) is 0.691. The molecular formula is C9H13BrS. The Morgan fingerprint density at radius 3 is 2.73 bits per heavy atom. The van der Waals surface area contributed by atoms with Gasteiger partial charge in [0.15, 0.2) is 0 Å². The Balaban J connectivity index is 2.49.